The molecule has 0 saturated heterocycles. The van der Waals surface area contributed by atoms with Crippen LogP contribution < -0.4 is 10.6 Å². The summed E-state index contributed by atoms with van der Waals surface area (Å²) in [5.74, 6) is 0. The Labute approximate surface area is 154 Å². The standard InChI is InChI=1S/C21H21N3S/c1-15-12-16(2)14-19(13-15)23-21(25)24-20(17-6-4-3-5-7-17)18-8-10-22-11-9-18/h3-14,20H,1-2H3,(H2,23,24,25)/t20-/m1/s1. The van der Waals surface area contributed by atoms with Crippen LogP contribution in [-0.4, -0.2) is 10.1 Å². The zero-order valence-electron chi connectivity index (χ0n) is 14.4. The van der Waals surface area contributed by atoms with E-state index in [1.807, 2.05) is 30.3 Å². The number of hydrogen-bond donors (Lipinski definition) is 2. The van der Waals surface area contributed by atoms with Gasteiger partial charge in [0.05, 0.1) is 6.04 Å². The smallest absolute Gasteiger partial charge is 0.171 e. The lowest BCUT2D eigenvalue weighted by atomic mass is 10.00. The van der Waals surface area contributed by atoms with Gasteiger partial charge in [0.25, 0.3) is 0 Å². The highest BCUT2D eigenvalue weighted by atomic mass is 32.1. The molecule has 3 aromatic rings. The monoisotopic (exact) mass is 347 g/mol. The van der Waals surface area contributed by atoms with E-state index in [4.69, 9.17) is 12.2 Å². The van der Waals surface area contributed by atoms with Gasteiger partial charge in [-0.05, 0) is 72.6 Å². The molecule has 2 N–H and O–H groups in total. The highest BCUT2D eigenvalue weighted by Gasteiger charge is 2.15. The Hall–Kier alpha value is -2.72. The van der Waals surface area contributed by atoms with Gasteiger partial charge >= 0.3 is 0 Å². The number of aryl methyl sites for hydroxylation is 2. The fourth-order valence-electron chi connectivity index (χ4n) is 2.91. The van der Waals surface area contributed by atoms with E-state index in [0.717, 1.165) is 16.8 Å². The summed E-state index contributed by atoms with van der Waals surface area (Å²) < 4.78 is 0. The molecule has 25 heavy (non-hydrogen) atoms. The largest absolute Gasteiger partial charge is 0.352 e. The van der Waals surface area contributed by atoms with Gasteiger partial charge in [-0.1, -0.05) is 36.4 Å². The summed E-state index contributed by atoms with van der Waals surface area (Å²) in [5, 5.41) is 7.32. The molecule has 0 aliphatic heterocycles. The number of hydrogen-bond acceptors (Lipinski definition) is 2. The number of pyridine rings is 1. The number of nitrogens with zero attached hydrogens (tertiary/aromatic N) is 1. The molecule has 3 nitrogen and oxygen atoms in total. The van der Waals surface area contributed by atoms with Gasteiger partial charge < -0.3 is 10.6 Å². The Bertz CT molecular complexity index is 788. The number of benzene rings is 2. The molecule has 0 aliphatic carbocycles. The number of aromatic nitrogens is 1. The molecular weight excluding hydrogens is 326 g/mol. The van der Waals surface area contributed by atoms with Crippen molar-refractivity contribution in [2.24, 2.45) is 0 Å². The van der Waals surface area contributed by atoms with Gasteiger partial charge in [-0.2, -0.15) is 0 Å². The highest BCUT2D eigenvalue weighted by Crippen LogP contribution is 2.22. The normalized spacial score (nSPS) is 11.6. The van der Waals surface area contributed by atoms with E-state index in [1.165, 1.54) is 11.1 Å². The van der Waals surface area contributed by atoms with Gasteiger partial charge in [-0.3, -0.25) is 4.98 Å². The van der Waals surface area contributed by atoms with E-state index < -0.39 is 0 Å². The van der Waals surface area contributed by atoms with Crippen LogP contribution in [0.2, 0.25) is 0 Å². The molecule has 4 heteroatoms. The minimum atomic E-state index is -0.0323. The average molecular weight is 347 g/mol. The van der Waals surface area contributed by atoms with Crippen LogP contribution in [0.3, 0.4) is 0 Å². The summed E-state index contributed by atoms with van der Waals surface area (Å²) in [5.41, 5.74) is 5.68. The Morgan fingerprint density at radius 1 is 0.880 bits per heavy atom. The molecule has 0 spiro atoms. The predicted octanol–water partition coefficient (Wildman–Crippen LogP) is 4.77. The second kappa shape index (κ2) is 7.90. The molecule has 0 radical (unpaired) electrons. The molecule has 2 aromatic carbocycles. The predicted molar refractivity (Wildman–Crippen MR) is 108 cm³/mol. The van der Waals surface area contributed by atoms with Crippen LogP contribution in [0.15, 0.2) is 73.1 Å². The third-order valence-corrected chi connectivity index (χ3v) is 4.15. The summed E-state index contributed by atoms with van der Waals surface area (Å²) in [7, 11) is 0. The first-order chi connectivity index (χ1) is 12.1. The lowest BCUT2D eigenvalue weighted by molar-refractivity contribution is 0.767. The van der Waals surface area contributed by atoms with Crippen molar-refractivity contribution in [3.8, 4) is 0 Å². The Kier molecular flexibility index (Phi) is 5.41. The van der Waals surface area contributed by atoms with E-state index in [9.17, 15) is 0 Å². The van der Waals surface area contributed by atoms with Gasteiger partial charge in [0, 0.05) is 18.1 Å². The number of anilines is 1. The second-order valence-corrected chi connectivity index (χ2v) is 6.51. The van der Waals surface area contributed by atoms with Gasteiger partial charge in [0.15, 0.2) is 5.11 Å². The second-order valence-electron chi connectivity index (χ2n) is 6.10. The van der Waals surface area contributed by atoms with E-state index in [0.29, 0.717) is 5.11 Å². The van der Waals surface area contributed by atoms with Crippen LogP contribution in [0, 0.1) is 13.8 Å². The summed E-state index contributed by atoms with van der Waals surface area (Å²) in [6, 6.07) is 20.6. The van der Waals surface area contributed by atoms with Crippen molar-refractivity contribution in [3.63, 3.8) is 0 Å². The first-order valence-corrected chi connectivity index (χ1v) is 8.63. The summed E-state index contributed by atoms with van der Waals surface area (Å²) in [6.07, 6.45) is 3.60. The van der Waals surface area contributed by atoms with Gasteiger partial charge in [-0.15, -0.1) is 0 Å². The van der Waals surface area contributed by atoms with E-state index >= 15 is 0 Å². The molecule has 0 saturated carbocycles. The molecule has 126 valence electrons. The van der Waals surface area contributed by atoms with Crippen molar-refractivity contribution in [3.05, 3.63) is 95.3 Å². The van der Waals surface area contributed by atoms with Gasteiger partial charge in [0.2, 0.25) is 0 Å². The molecule has 1 heterocycles. The SMILES string of the molecule is Cc1cc(C)cc(NC(=S)N[C@H](c2ccccc2)c2ccncc2)c1. The first kappa shape index (κ1) is 17.1. The van der Waals surface area contributed by atoms with Crippen LogP contribution in [0.1, 0.15) is 28.3 Å². The van der Waals surface area contributed by atoms with Crippen LogP contribution in [-0.2, 0) is 0 Å². The molecule has 1 atom stereocenters. The maximum atomic E-state index is 5.56. The van der Waals surface area contributed by atoms with Crippen LogP contribution in [0.5, 0.6) is 0 Å². The quantitative estimate of drug-likeness (QED) is 0.666. The third kappa shape index (κ3) is 4.64. The van der Waals surface area contributed by atoms with Crippen molar-refractivity contribution >= 4 is 23.0 Å². The zero-order valence-corrected chi connectivity index (χ0v) is 15.2. The van der Waals surface area contributed by atoms with Gasteiger partial charge in [-0.25, -0.2) is 0 Å². The molecule has 0 amide bonds. The number of nitrogens with one attached hydrogen (secondary N) is 2. The molecule has 1 aromatic heterocycles. The van der Waals surface area contributed by atoms with Crippen molar-refractivity contribution in [1.29, 1.82) is 0 Å². The molecule has 0 fully saturated rings. The van der Waals surface area contributed by atoms with Crippen molar-refractivity contribution < 1.29 is 0 Å². The van der Waals surface area contributed by atoms with Crippen LogP contribution >= 0.6 is 12.2 Å². The van der Waals surface area contributed by atoms with E-state index in [1.54, 1.807) is 12.4 Å². The lowest BCUT2D eigenvalue weighted by Gasteiger charge is -2.22. The van der Waals surface area contributed by atoms with Crippen LogP contribution in [0.25, 0.3) is 0 Å². The topological polar surface area (TPSA) is 37.0 Å². The van der Waals surface area contributed by atoms with Crippen molar-refractivity contribution in [2.45, 2.75) is 19.9 Å². The van der Waals surface area contributed by atoms with Gasteiger partial charge in [0.1, 0.15) is 0 Å². The summed E-state index contributed by atoms with van der Waals surface area (Å²) in [4.78, 5) is 4.11. The first-order valence-electron chi connectivity index (χ1n) is 8.22. The maximum Gasteiger partial charge on any atom is 0.171 e. The van der Waals surface area contributed by atoms with E-state index in [-0.39, 0.29) is 6.04 Å². The summed E-state index contributed by atoms with van der Waals surface area (Å²) >= 11 is 5.56. The maximum absolute atomic E-state index is 5.56. The lowest BCUT2D eigenvalue weighted by Crippen LogP contribution is -2.33. The van der Waals surface area contributed by atoms with Crippen LogP contribution in [0.4, 0.5) is 5.69 Å². The Balaban J connectivity index is 1.81. The number of thiocarbonyl (C=S) groups is 1. The fourth-order valence-corrected chi connectivity index (χ4v) is 3.14. The third-order valence-electron chi connectivity index (χ3n) is 3.93. The molecule has 0 bridgehead atoms. The molecule has 0 aliphatic rings. The molecule has 0 unspecified atom stereocenters. The fraction of sp³-hybridized carbons (Fsp3) is 0.143. The van der Waals surface area contributed by atoms with Crippen molar-refractivity contribution in [2.75, 3.05) is 5.32 Å². The molecule has 3 rings (SSSR count). The zero-order chi connectivity index (χ0) is 17.6. The van der Waals surface area contributed by atoms with Crippen molar-refractivity contribution in [1.82, 2.24) is 10.3 Å². The highest BCUT2D eigenvalue weighted by molar-refractivity contribution is 7.80. The minimum absolute atomic E-state index is 0.0323. The van der Waals surface area contributed by atoms with E-state index in [2.05, 4.69) is 59.8 Å². The Morgan fingerprint density at radius 3 is 2.12 bits per heavy atom. The Morgan fingerprint density at radius 2 is 1.48 bits per heavy atom. The number of rotatable bonds is 4. The summed E-state index contributed by atoms with van der Waals surface area (Å²) in [6.45, 7) is 4.16. The minimum Gasteiger partial charge on any atom is -0.352 e. The molecular formula is C21H21N3S. The average Bonchev–Trinajstić information content (AvgIpc) is 2.60.